The van der Waals surface area contributed by atoms with Crippen molar-refractivity contribution < 1.29 is 14.3 Å². The zero-order valence-electron chi connectivity index (χ0n) is 12.4. The Morgan fingerprint density at radius 2 is 1.81 bits per heavy atom. The summed E-state index contributed by atoms with van der Waals surface area (Å²) in [5.74, 6) is 1.21. The number of allylic oxidation sites excluding steroid dienone is 1. The van der Waals surface area contributed by atoms with Gasteiger partial charge in [-0.3, -0.25) is 4.79 Å². The molecule has 0 atom stereocenters. The summed E-state index contributed by atoms with van der Waals surface area (Å²) in [4.78, 5) is 12.6. The second kappa shape index (κ2) is 6.75. The lowest BCUT2D eigenvalue weighted by molar-refractivity contribution is 0.103. The number of methoxy groups -OCH3 is 1. The maximum absolute atomic E-state index is 12.6. The highest BCUT2D eigenvalue weighted by molar-refractivity contribution is 6.10. The van der Waals surface area contributed by atoms with Crippen LogP contribution in [0.3, 0.4) is 0 Å². The molecule has 0 unspecified atom stereocenters. The van der Waals surface area contributed by atoms with Crippen LogP contribution in [0, 0.1) is 6.92 Å². The zero-order chi connectivity index (χ0) is 15.2. The van der Waals surface area contributed by atoms with Crippen molar-refractivity contribution >= 4 is 5.78 Å². The molecule has 0 spiro atoms. The van der Waals surface area contributed by atoms with E-state index in [2.05, 4.69) is 0 Å². The van der Waals surface area contributed by atoms with Crippen LogP contribution in [0.4, 0.5) is 0 Å². The van der Waals surface area contributed by atoms with Crippen molar-refractivity contribution in [3.63, 3.8) is 0 Å². The molecule has 2 aromatic carbocycles. The summed E-state index contributed by atoms with van der Waals surface area (Å²) in [5.41, 5.74) is 2.19. The molecule has 0 bridgehead atoms. The Balaban J connectivity index is 2.37. The molecule has 0 aliphatic rings. The molecule has 0 amide bonds. The fraction of sp³-hybridized carbons (Fsp3) is 0.167. The summed E-state index contributed by atoms with van der Waals surface area (Å²) in [6.07, 6.45) is 3.35. The normalized spacial score (nSPS) is 10.6. The predicted octanol–water partition coefficient (Wildman–Crippen LogP) is 4.15. The second-order valence-corrected chi connectivity index (χ2v) is 4.64. The average molecular weight is 282 g/mol. The average Bonchev–Trinajstić information content (AvgIpc) is 2.52. The van der Waals surface area contributed by atoms with Crippen LogP contribution >= 0.6 is 0 Å². The summed E-state index contributed by atoms with van der Waals surface area (Å²) < 4.78 is 10.6. The van der Waals surface area contributed by atoms with E-state index < -0.39 is 0 Å². The van der Waals surface area contributed by atoms with Gasteiger partial charge < -0.3 is 9.47 Å². The molecule has 3 heteroatoms. The fourth-order valence-corrected chi connectivity index (χ4v) is 1.95. The molecule has 0 N–H and O–H groups in total. The van der Waals surface area contributed by atoms with E-state index in [1.807, 2.05) is 26.0 Å². The Bertz CT molecular complexity index is 655. The topological polar surface area (TPSA) is 35.5 Å². The van der Waals surface area contributed by atoms with Gasteiger partial charge in [-0.05, 0) is 55.8 Å². The van der Waals surface area contributed by atoms with Crippen LogP contribution in [0.1, 0.15) is 28.4 Å². The molecule has 21 heavy (non-hydrogen) atoms. The van der Waals surface area contributed by atoms with E-state index >= 15 is 0 Å². The lowest BCUT2D eigenvalue weighted by Crippen LogP contribution is -2.04. The van der Waals surface area contributed by atoms with Gasteiger partial charge in [0.15, 0.2) is 5.78 Å². The minimum Gasteiger partial charge on any atom is -0.497 e. The van der Waals surface area contributed by atoms with Crippen LogP contribution in [-0.2, 0) is 0 Å². The Morgan fingerprint density at radius 1 is 1.10 bits per heavy atom. The van der Waals surface area contributed by atoms with Crippen molar-refractivity contribution in [2.75, 3.05) is 7.11 Å². The molecule has 0 saturated carbocycles. The van der Waals surface area contributed by atoms with Crippen LogP contribution in [-0.4, -0.2) is 12.9 Å². The molecule has 0 aliphatic carbocycles. The number of benzene rings is 2. The quantitative estimate of drug-likeness (QED) is 0.610. The number of hydrogen-bond acceptors (Lipinski definition) is 3. The number of carbonyl (C=O) groups is 1. The molecule has 0 saturated heterocycles. The largest absolute Gasteiger partial charge is 0.497 e. The Morgan fingerprint density at radius 3 is 2.43 bits per heavy atom. The molecule has 0 aliphatic heterocycles. The fourth-order valence-electron chi connectivity index (χ4n) is 1.95. The van der Waals surface area contributed by atoms with Gasteiger partial charge in [-0.1, -0.05) is 12.1 Å². The van der Waals surface area contributed by atoms with E-state index in [0.717, 1.165) is 11.3 Å². The van der Waals surface area contributed by atoms with Crippen LogP contribution in [0.25, 0.3) is 0 Å². The minimum absolute atomic E-state index is 0.0721. The smallest absolute Gasteiger partial charge is 0.196 e. The number of ether oxygens (including phenoxy) is 2. The molecule has 3 nitrogen and oxygen atoms in total. The number of hydrogen-bond donors (Lipinski definition) is 0. The maximum Gasteiger partial charge on any atom is 0.196 e. The monoisotopic (exact) mass is 282 g/mol. The first-order valence-electron chi connectivity index (χ1n) is 6.73. The molecule has 0 heterocycles. The predicted molar refractivity (Wildman–Crippen MR) is 83.0 cm³/mol. The maximum atomic E-state index is 12.6. The molecule has 108 valence electrons. The third-order valence-corrected chi connectivity index (χ3v) is 3.07. The van der Waals surface area contributed by atoms with Crippen LogP contribution in [0.15, 0.2) is 54.8 Å². The summed E-state index contributed by atoms with van der Waals surface area (Å²) in [7, 11) is 1.60. The highest BCUT2D eigenvalue weighted by Crippen LogP contribution is 2.24. The van der Waals surface area contributed by atoms with Crippen molar-refractivity contribution in [1.29, 1.82) is 0 Å². The van der Waals surface area contributed by atoms with Gasteiger partial charge in [0.05, 0.1) is 18.9 Å². The van der Waals surface area contributed by atoms with Gasteiger partial charge in [0.2, 0.25) is 0 Å². The van der Waals surface area contributed by atoms with Gasteiger partial charge >= 0.3 is 0 Å². The standard InChI is InChI=1S/C18H18O3/c1-4-11-21-17-12-13(2)5-10-16(17)18(19)14-6-8-15(20-3)9-7-14/h4-12H,1-3H3. The summed E-state index contributed by atoms with van der Waals surface area (Å²) in [5, 5.41) is 0. The lowest BCUT2D eigenvalue weighted by Gasteiger charge is -2.09. The number of ketones is 1. The van der Waals surface area contributed by atoms with Crippen molar-refractivity contribution in [3.8, 4) is 11.5 Å². The van der Waals surface area contributed by atoms with Gasteiger partial charge in [0.1, 0.15) is 11.5 Å². The van der Waals surface area contributed by atoms with Crippen molar-refractivity contribution in [2.24, 2.45) is 0 Å². The number of carbonyl (C=O) groups excluding carboxylic acids is 1. The summed E-state index contributed by atoms with van der Waals surface area (Å²) in [6.45, 7) is 3.82. The molecule has 2 rings (SSSR count). The van der Waals surface area contributed by atoms with E-state index in [9.17, 15) is 4.79 Å². The van der Waals surface area contributed by atoms with Crippen molar-refractivity contribution in [2.45, 2.75) is 13.8 Å². The van der Waals surface area contributed by atoms with Gasteiger partial charge in [0.25, 0.3) is 0 Å². The molecular formula is C18H18O3. The minimum atomic E-state index is -0.0721. The van der Waals surface area contributed by atoms with E-state index in [1.165, 1.54) is 0 Å². The second-order valence-electron chi connectivity index (χ2n) is 4.64. The highest BCUT2D eigenvalue weighted by Gasteiger charge is 2.14. The highest BCUT2D eigenvalue weighted by atomic mass is 16.5. The molecule has 2 aromatic rings. The lowest BCUT2D eigenvalue weighted by atomic mass is 10.0. The summed E-state index contributed by atoms with van der Waals surface area (Å²) in [6, 6.07) is 12.6. The third kappa shape index (κ3) is 3.51. The first kappa shape index (κ1) is 14.9. The Labute approximate surface area is 124 Å². The first-order chi connectivity index (χ1) is 10.2. The van der Waals surface area contributed by atoms with Gasteiger partial charge in [-0.25, -0.2) is 0 Å². The zero-order valence-corrected chi connectivity index (χ0v) is 12.4. The summed E-state index contributed by atoms with van der Waals surface area (Å²) >= 11 is 0. The van der Waals surface area contributed by atoms with Crippen LogP contribution in [0.5, 0.6) is 11.5 Å². The van der Waals surface area contributed by atoms with E-state index in [-0.39, 0.29) is 5.78 Å². The molecule has 0 radical (unpaired) electrons. The van der Waals surface area contributed by atoms with Crippen LogP contribution < -0.4 is 9.47 Å². The van der Waals surface area contributed by atoms with Crippen molar-refractivity contribution in [3.05, 3.63) is 71.5 Å². The number of rotatable bonds is 5. The van der Waals surface area contributed by atoms with Gasteiger partial charge in [0, 0.05) is 5.56 Å². The Hall–Kier alpha value is -2.55. The van der Waals surface area contributed by atoms with E-state index in [0.29, 0.717) is 16.9 Å². The van der Waals surface area contributed by atoms with E-state index in [4.69, 9.17) is 9.47 Å². The number of aryl methyl sites for hydroxylation is 1. The first-order valence-corrected chi connectivity index (χ1v) is 6.73. The van der Waals surface area contributed by atoms with Gasteiger partial charge in [-0.2, -0.15) is 0 Å². The van der Waals surface area contributed by atoms with Crippen molar-refractivity contribution in [1.82, 2.24) is 0 Å². The molecule has 0 aromatic heterocycles. The molecule has 0 fully saturated rings. The SMILES string of the molecule is CC=COc1cc(C)ccc1C(=O)c1ccc(OC)cc1. The van der Waals surface area contributed by atoms with Gasteiger partial charge in [-0.15, -0.1) is 0 Å². The molecular weight excluding hydrogens is 264 g/mol. The van der Waals surface area contributed by atoms with Crippen LogP contribution in [0.2, 0.25) is 0 Å². The van der Waals surface area contributed by atoms with E-state index in [1.54, 1.807) is 49.8 Å². The third-order valence-electron chi connectivity index (χ3n) is 3.07. The Kier molecular flexibility index (Phi) is 4.77.